The van der Waals surface area contributed by atoms with Crippen molar-refractivity contribution in [3.8, 4) is 17.4 Å². The van der Waals surface area contributed by atoms with Crippen molar-refractivity contribution in [2.45, 2.75) is 19.0 Å². The molecule has 1 atom stereocenters. The molecule has 0 aliphatic carbocycles. The molecule has 6 nitrogen and oxygen atoms in total. The van der Waals surface area contributed by atoms with Gasteiger partial charge < -0.3 is 20.1 Å². The average Bonchev–Trinajstić information content (AvgIpc) is 2.73. The summed E-state index contributed by atoms with van der Waals surface area (Å²) in [6, 6.07) is 10.1. The van der Waals surface area contributed by atoms with E-state index < -0.39 is 29.5 Å². The first-order chi connectivity index (χ1) is 15.0. The highest BCUT2D eigenvalue weighted by Gasteiger charge is 2.24. The minimum Gasteiger partial charge on any atom is -0.488 e. The molecule has 3 aromatic rings. The predicted octanol–water partition coefficient (Wildman–Crippen LogP) is 4.09. The fourth-order valence-electron chi connectivity index (χ4n) is 3.17. The summed E-state index contributed by atoms with van der Waals surface area (Å²) in [6.07, 6.45) is 1.78. The van der Waals surface area contributed by atoms with Crippen LogP contribution in [0.4, 0.5) is 18.0 Å². The Balaban J connectivity index is 1.27. The monoisotopic (exact) mass is 429 g/mol. The van der Waals surface area contributed by atoms with Crippen LogP contribution in [0.15, 0.2) is 54.7 Å². The summed E-state index contributed by atoms with van der Waals surface area (Å²) in [4.78, 5) is 16.3. The molecule has 2 N–H and O–H groups in total. The zero-order chi connectivity index (χ0) is 21.8. The lowest BCUT2D eigenvalue weighted by molar-refractivity contribution is 0.209. The van der Waals surface area contributed by atoms with Crippen LogP contribution in [0, 0.1) is 17.5 Å². The number of pyridine rings is 1. The molecule has 0 radical (unpaired) electrons. The van der Waals surface area contributed by atoms with Gasteiger partial charge in [-0.15, -0.1) is 0 Å². The number of carbonyl (C=O) groups is 1. The molecule has 1 aliphatic heterocycles. The third-order valence-corrected chi connectivity index (χ3v) is 4.58. The highest BCUT2D eigenvalue weighted by atomic mass is 19.1. The first kappa shape index (κ1) is 20.5. The molecular formula is C22H18F3N3O3. The Kier molecular flexibility index (Phi) is 5.92. The second-order valence-corrected chi connectivity index (χ2v) is 6.98. The van der Waals surface area contributed by atoms with Crippen LogP contribution in [-0.4, -0.2) is 23.7 Å². The minimum atomic E-state index is -0.754. The maximum Gasteiger partial charge on any atom is 0.315 e. The summed E-state index contributed by atoms with van der Waals surface area (Å²) < 4.78 is 51.1. The Hall–Kier alpha value is -3.75. The van der Waals surface area contributed by atoms with Gasteiger partial charge in [-0.3, -0.25) is 0 Å². The van der Waals surface area contributed by atoms with Gasteiger partial charge in [-0.05, 0) is 30.2 Å². The predicted molar refractivity (Wildman–Crippen MR) is 105 cm³/mol. The van der Waals surface area contributed by atoms with Gasteiger partial charge in [0.15, 0.2) is 11.6 Å². The zero-order valence-corrected chi connectivity index (χ0v) is 16.2. The van der Waals surface area contributed by atoms with Crippen LogP contribution >= 0.6 is 0 Å². The van der Waals surface area contributed by atoms with E-state index >= 15 is 0 Å². The Morgan fingerprint density at radius 1 is 1.13 bits per heavy atom. The zero-order valence-electron chi connectivity index (χ0n) is 16.2. The first-order valence-electron chi connectivity index (χ1n) is 9.50. The number of aromatic nitrogens is 1. The fraction of sp³-hybridized carbons (Fsp3) is 0.182. The second kappa shape index (κ2) is 8.95. The van der Waals surface area contributed by atoms with Gasteiger partial charge >= 0.3 is 6.03 Å². The standard InChI is InChI=1S/C22H18F3N3O3/c23-15-2-1-3-18(8-15)31-20-5-4-13(10-26-20)11-27-22(29)28-17-7-14-6-16(24)9-19(25)21(14)30-12-17/h1-6,8-10,17H,7,11-12H2,(H2,27,28,29). The summed E-state index contributed by atoms with van der Waals surface area (Å²) in [5, 5.41) is 5.40. The number of fused-ring (bicyclic) bond motifs is 1. The lowest BCUT2D eigenvalue weighted by Gasteiger charge is -2.26. The minimum absolute atomic E-state index is 0.0199. The van der Waals surface area contributed by atoms with E-state index in [9.17, 15) is 18.0 Å². The molecule has 9 heteroatoms. The van der Waals surface area contributed by atoms with E-state index in [4.69, 9.17) is 9.47 Å². The van der Waals surface area contributed by atoms with Crippen LogP contribution in [0.25, 0.3) is 0 Å². The molecule has 4 rings (SSSR count). The molecular weight excluding hydrogens is 411 g/mol. The van der Waals surface area contributed by atoms with Crippen LogP contribution in [0.1, 0.15) is 11.1 Å². The van der Waals surface area contributed by atoms with Gasteiger partial charge in [-0.25, -0.2) is 22.9 Å². The van der Waals surface area contributed by atoms with Crippen LogP contribution in [0.2, 0.25) is 0 Å². The molecule has 0 saturated heterocycles. The van der Waals surface area contributed by atoms with E-state index in [-0.39, 0.29) is 31.2 Å². The number of benzene rings is 2. The number of nitrogens with one attached hydrogen (secondary N) is 2. The molecule has 1 aliphatic rings. The van der Waals surface area contributed by atoms with Crippen molar-refractivity contribution in [1.29, 1.82) is 0 Å². The lowest BCUT2D eigenvalue weighted by Crippen LogP contribution is -2.47. The number of ether oxygens (including phenoxy) is 2. The summed E-state index contributed by atoms with van der Waals surface area (Å²) >= 11 is 0. The average molecular weight is 429 g/mol. The van der Waals surface area contributed by atoms with Crippen LogP contribution in [-0.2, 0) is 13.0 Å². The quantitative estimate of drug-likeness (QED) is 0.641. The highest BCUT2D eigenvalue weighted by molar-refractivity contribution is 5.74. The number of carbonyl (C=O) groups excluding carboxylic acids is 1. The van der Waals surface area contributed by atoms with Crippen LogP contribution < -0.4 is 20.1 Å². The van der Waals surface area contributed by atoms with E-state index in [1.54, 1.807) is 18.2 Å². The van der Waals surface area contributed by atoms with Gasteiger partial charge in [-0.1, -0.05) is 12.1 Å². The van der Waals surface area contributed by atoms with Crippen LogP contribution in [0.3, 0.4) is 0 Å². The second-order valence-electron chi connectivity index (χ2n) is 6.98. The Bertz CT molecular complexity index is 1090. The smallest absolute Gasteiger partial charge is 0.315 e. The molecule has 0 fully saturated rings. The fourth-order valence-corrected chi connectivity index (χ4v) is 3.17. The van der Waals surface area contributed by atoms with Crippen molar-refractivity contribution in [2.75, 3.05) is 6.61 Å². The molecule has 1 aromatic heterocycles. The summed E-state index contributed by atoms with van der Waals surface area (Å²) in [6.45, 7) is 0.281. The largest absolute Gasteiger partial charge is 0.488 e. The van der Waals surface area contributed by atoms with Crippen molar-refractivity contribution < 1.29 is 27.4 Å². The number of halogens is 3. The number of urea groups is 1. The van der Waals surface area contributed by atoms with Gasteiger partial charge in [-0.2, -0.15) is 0 Å². The Labute approximate surface area is 176 Å². The first-order valence-corrected chi connectivity index (χ1v) is 9.50. The van der Waals surface area contributed by atoms with Gasteiger partial charge in [0.2, 0.25) is 5.88 Å². The highest BCUT2D eigenvalue weighted by Crippen LogP contribution is 2.29. The molecule has 0 saturated carbocycles. The van der Waals surface area contributed by atoms with E-state index in [0.717, 1.165) is 11.6 Å². The number of amides is 2. The van der Waals surface area contributed by atoms with E-state index in [0.29, 0.717) is 11.3 Å². The third kappa shape index (κ3) is 5.25. The van der Waals surface area contributed by atoms with Crippen LogP contribution in [0.5, 0.6) is 17.4 Å². The Morgan fingerprint density at radius 2 is 2.00 bits per heavy atom. The van der Waals surface area contributed by atoms with Gasteiger partial charge in [0.1, 0.15) is 24.0 Å². The number of hydrogen-bond donors (Lipinski definition) is 2. The van der Waals surface area contributed by atoms with Crippen molar-refractivity contribution in [3.05, 3.63) is 83.3 Å². The molecule has 0 bridgehead atoms. The molecule has 1 unspecified atom stereocenters. The summed E-state index contributed by atoms with van der Waals surface area (Å²) in [5.74, 6) is -1.22. The summed E-state index contributed by atoms with van der Waals surface area (Å²) in [7, 11) is 0. The third-order valence-electron chi connectivity index (χ3n) is 4.58. The molecule has 2 amide bonds. The van der Waals surface area contributed by atoms with E-state index in [1.807, 2.05) is 0 Å². The molecule has 160 valence electrons. The van der Waals surface area contributed by atoms with Crippen molar-refractivity contribution in [3.63, 3.8) is 0 Å². The molecule has 31 heavy (non-hydrogen) atoms. The maximum absolute atomic E-state index is 13.7. The van der Waals surface area contributed by atoms with Gasteiger partial charge in [0, 0.05) is 36.5 Å². The van der Waals surface area contributed by atoms with E-state index in [2.05, 4.69) is 15.6 Å². The van der Waals surface area contributed by atoms with Crippen molar-refractivity contribution in [2.24, 2.45) is 0 Å². The van der Waals surface area contributed by atoms with E-state index in [1.165, 1.54) is 30.5 Å². The topological polar surface area (TPSA) is 72.5 Å². The lowest BCUT2D eigenvalue weighted by atomic mass is 10.0. The molecule has 2 heterocycles. The van der Waals surface area contributed by atoms with Gasteiger partial charge in [0.25, 0.3) is 0 Å². The van der Waals surface area contributed by atoms with Crippen molar-refractivity contribution >= 4 is 6.03 Å². The normalized spacial score (nSPS) is 14.9. The van der Waals surface area contributed by atoms with Crippen molar-refractivity contribution in [1.82, 2.24) is 15.6 Å². The Morgan fingerprint density at radius 3 is 2.77 bits per heavy atom. The number of nitrogens with zero attached hydrogens (tertiary/aromatic N) is 1. The maximum atomic E-state index is 13.7. The molecule has 2 aromatic carbocycles. The summed E-state index contributed by atoms with van der Waals surface area (Å²) in [5.41, 5.74) is 1.09. The van der Waals surface area contributed by atoms with Gasteiger partial charge in [0.05, 0.1) is 6.04 Å². The number of rotatable bonds is 5. The molecule has 0 spiro atoms. The number of hydrogen-bond acceptors (Lipinski definition) is 4. The SMILES string of the molecule is O=C(NCc1ccc(Oc2cccc(F)c2)nc1)NC1COc2c(F)cc(F)cc2C1.